The quantitative estimate of drug-likeness (QED) is 0.819. The SMILES string of the molecule is Nc1cc(OCCCc2ccccc2)nc(C2CC2)n1. The minimum absolute atomic E-state index is 0.491. The number of nitrogen functional groups attached to an aromatic ring is 1. The number of nitrogens with zero attached hydrogens (tertiary/aromatic N) is 2. The van der Waals surface area contributed by atoms with E-state index in [4.69, 9.17) is 10.5 Å². The number of hydrogen-bond donors (Lipinski definition) is 1. The zero-order chi connectivity index (χ0) is 13.8. The van der Waals surface area contributed by atoms with Gasteiger partial charge in [-0.1, -0.05) is 30.3 Å². The van der Waals surface area contributed by atoms with Crippen molar-refractivity contribution in [2.45, 2.75) is 31.6 Å². The van der Waals surface area contributed by atoms with E-state index in [2.05, 4.69) is 34.2 Å². The van der Waals surface area contributed by atoms with E-state index in [0.29, 0.717) is 24.2 Å². The highest BCUT2D eigenvalue weighted by Gasteiger charge is 2.27. The molecule has 0 amide bonds. The average molecular weight is 269 g/mol. The van der Waals surface area contributed by atoms with Gasteiger partial charge in [0.05, 0.1) is 6.61 Å². The molecule has 104 valence electrons. The smallest absolute Gasteiger partial charge is 0.218 e. The fraction of sp³-hybridized carbons (Fsp3) is 0.375. The third-order valence-electron chi connectivity index (χ3n) is 3.38. The maximum atomic E-state index is 5.79. The lowest BCUT2D eigenvalue weighted by molar-refractivity contribution is 0.298. The molecule has 4 nitrogen and oxygen atoms in total. The summed E-state index contributed by atoms with van der Waals surface area (Å²) in [6, 6.07) is 12.1. The van der Waals surface area contributed by atoms with E-state index in [1.54, 1.807) is 6.07 Å². The van der Waals surface area contributed by atoms with Crippen LogP contribution in [0.25, 0.3) is 0 Å². The molecular formula is C16H19N3O. The summed E-state index contributed by atoms with van der Waals surface area (Å²) >= 11 is 0. The Bertz CT molecular complexity index is 567. The summed E-state index contributed by atoms with van der Waals surface area (Å²) in [5.74, 6) is 2.43. The fourth-order valence-electron chi connectivity index (χ4n) is 2.16. The number of rotatable bonds is 6. The highest BCUT2D eigenvalue weighted by Crippen LogP contribution is 2.38. The fourth-order valence-corrected chi connectivity index (χ4v) is 2.16. The number of ether oxygens (including phenoxy) is 1. The van der Waals surface area contributed by atoms with Crippen molar-refractivity contribution in [1.29, 1.82) is 0 Å². The van der Waals surface area contributed by atoms with Gasteiger partial charge in [0, 0.05) is 12.0 Å². The van der Waals surface area contributed by atoms with Crippen LogP contribution < -0.4 is 10.5 Å². The van der Waals surface area contributed by atoms with Gasteiger partial charge in [0.2, 0.25) is 5.88 Å². The van der Waals surface area contributed by atoms with Crippen molar-refractivity contribution in [3.05, 3.63) is 47.8 Å². The molecule has 2 N–H and O–H groups in total. The molecule has 0 unspecified atom stereocenters. The van der Waals surface area contributed by atoms with Crippen LogP contribution in [0.2, 0.25) is 0 Å². The Labute approximate surface area is 119 Å². The molecule has 0 saturated heterocycles. The van der Waals surface area contributed by atoms with Gasteiger partial charge in [0.25, 0.3) is 0 Å². The first-order valence-corrected chi connectivity index (χ1v) is 7.12. The Kier molecular flexibility index (Phi) is 3.81. The molecule has 20 heavy (non-hydrogen) atoms. The first-order chi connectivity index (χ1) is 9.81. The van der Waals surface area contributed by atoms with Crippen LogP contribution in [0.1, 0.15) is 36.6 Å². The molecule has 1 aliphatic rings. The van der Waals surface area contributed by atoms with E-state index < -0.39 is 0 Å². The van der Waals surface area contributed by atoms with Crippen molar-refractivity contribution >= 4 is 5.82 Å². The number of aryl methyl sites for hydroxylation is 1. The van der Waals surface area contributed by atoms with E-state index in [0.717, 1.165) is 31.5 Å². The van der Waals surface area contributed by atoms with E-state index in [1.165, 1.54) is 5.56 Å². The summed E-state index contributed by atoms with van der Waals surface area (Å²) < 4.78 is 5.70. The first-order valence-electron chi connectivity index (χ1n) is 7.12. The van der Waals surface area contributed by atoms with E-state index >= 15 is 0 Å². The van der Waals surface area contributed by atoms with Crippen LogP contribution in [0.3, 0.4) is 0 Å². The molecule has 0 radical (unpaired) electrons. The molecule has 4 heteroatoms. The topological polar surface area (TPSA) is 61.0 Å². The van der Waals surface area contributed by atoms with Crippen LogP contribution in [-0.4, -0.2) is 16.6 Å². The Morgan fingerprint density at radius 1 is 1.15 bits per heavy atom. The van der Waals surface area contributed by atoms with Crippen LogP contribution in [0, 0.1) is 0 Å². The summed E-state index contributed by atoms with van der Waals surface area (Å²) in [6.07, 6.45) is 4.30. The number of anilines is 1. The lowest BCUT2D eigenvalue weighted by Gasteiger charge is -2.07. The maximum absolute atomic E-state index is 5.79. The molecule has 1 aliphatic carbocycles. The molecule has 0 atom stereocenters. The molecule has 1 aromatic carbocycles. The zero-order valence-electron chi connectivity index (χ0n) is 11.5. The van der Waals surface area contributed by atoms with Crippen molar-refractivity contribution in [2.75, 3.05) is 12.3 Å². The second kappa shape index (κ2) is 5.90. The van der Waals surface area contributed by atoms with Crippen LogP contribution in [-0.2, 0) is 6.42 Å². The Balaban J connectivity index is 1.51. The maximum Gasteiger partial charge on any atom is 0.218 e. The van der Waals surface area contributed by atoms with Crippen molar-refractivity contribution < 1.29 is 4.74 Å². The van der Waals surface area contributed by atoms with Gasteiger partial charge >= 0.3 is 0 Å². The van der Waals surface area contributed by atoms with Gasteiger partial charge in [-0.3, -0.25) is 0 Å². The average Bonchev–Trinajstić information content (AvgIpc) is 3.29. The zero-order valence-corrected chi connectivity index (χ0v) is 11.5. The lowest BCUT2D eigenvalue weighted by Crippen LogP contribution is -2.05. The molecule has 1 saturated carbocycles. The van der Waals surface area contributed by atoms with E-state index in [9.17, 15) is 0 Å². The molecule has 1 fully saturated rings. The summed E-state index contributed by atoms with van der Waals surface area (Å²) in [6.45, 7) is 0.648. The summed E-state index contributed by atoms with van der Waals surface area (Å²) in [7, 11) is 0. The second-order valence-corrected chi connectivity index (χ2v) is 5.20. The van der Waals surface area contributed by atoms with Crippen molar-refractivity contribution in [3.63, 3.8) is 0 Å². The Morgan fingerprint density at radius 2 is 1.95 bits per heavy atom. The Morgan fingerprint density at radius 3 is 2.70 bits per heavy atom. The van der Waals surface area contributed by atoms with Gasteiger partial charge in [-0.15, -0.1) is 0 Å². The lowest BCUT2D eigenvalue weighted by atomic mass is 10.1. The molecule has 0 spiro atoms. The number of hydrogen-bond acceptors (Lipinski definition) is 4. The highest BCUT2D eigenvalue weighted by molar-refractivity contribution is 5.34. The van der Waals surface area contributed by atoms with Gasteiger partial charge in [0.15, 0.2) is 0 Å². The normalized spacial score (nSPS) is 14.2. The van der Waals surface area contributed by atoms with E-state index in [-0.39, 0.29) is 0 Å². The van der Waals surface area contributed by atoms with Crippen molar-refractivity contribution in [1.82, 2.24) is 9.97 Å². The van der Waals surface area contributed by atoms with E-state index in [1.807, 2.05) is 6.07 Å². The highest BCUT2D eigenvalue weighted by atomic mass is 16.5. The van der Waals surface area contributed by atoms with Gasteiger partial charge in [-0.25, -0.2) is 4.98 Å². The van der Waals surface area contributed by atoms with Gasteiger partial charge in [-0.05, 0) is 31.2 Å². The first kappa shape index (κ1) is 12.9. The molecule has 0 aliphatic heterocycles. The van der Waals surface area contributed by atoms with Crippen LogP contribution in [0.5, 0.6) is 5.88 Å². The predicted octanol–water partition coefficient (Wildman–Crippen LogP) is 2.95. The van der Waals surface area contributed by atoms with Crippen LogP contribution in [0.15, 0.2) is 36.4 Å². The molecule has 1 heterocycles. The summed E-state index contributed by atoms with van der Waals surface area (Å²) in [4.78, 5) is 8.69. The molecule has 0 bridgehead atoms. The molecular weight excluding hydrogens is 250 g/mol. The number of benzene rings is 1. The van der Waals surface area contributed by atoms with Crippen molar-refractivity contribution in [2.24, 2.45) is 0 Å². The second-order valence-electron chi connectivity index (χ2n) is 5.20. The minimum atomic E-state index is 0.491. The molecule has 2 aromatic rings. The summed E-state index contributed by atoms with van der Waals surface area (Å²) in [5, 5.41) is 0. The third kappa shape index (κ3) is 3.47. The largest absolute Gasteiger partial charge is 0.478 e. The number of nitrogens with two attached hydrogens (primary N) is 1. The van der Waals surface area contributed by atoms with Crippen LogP contribution in [0.4, 0.5) is 5.82 Å². The number of aromatic nitrogens is 2. The molecule has 3 rings (SSSR count). The van der Waals surface area contributed by atoms with Gasteiger partial charge in [-0.2, -0.15) is 4.98 Å². The predicted molar refractivity (Wildman–Crippen MR) is 78.7 cm³/mol. The van der Waals surface area contributed by atoms with Gasteiger partial charge < -0.3 is 10.5 Å². The summed E-state index contributed by atoms with van der Waals surface area (Å²) in [5.41, 5.74) is 7.12. The van der Waals surface area contributed by atoms with Crippen LogP contribution >= 0.6 is 0 Å². The van der Waals surface area contributed by atoms with Gasteiger partial charge in [0.1, 0.15) is 11.6 Å². The third-order valence-corrected chi connectivity index (χ3v) is 3.38. The minimum Gasteiger partial charge on any atom is -0.478 e. The van der Waals surface area contributed by atoms with Crippen molar-refractivity contribution in [3.8, 4) is 5.88 Å². The molecule has 1 aromatic heterocycles. The Hall–Kier alpha value is -2.10. The monoisotopic (exact) mass is 269 g/mol. The standard InChI is InChI=1S/C16H19N3O/c17-14-11-15(19-16(18-14)13-8-9-13)20-10-4-7-12-5-2-1-3-6-12/h1-3,5-6,11,13H,4,7-10H2,(H2,17,18,19).